The maximum Gasteiger partial charge on any atom is 0.416 e. The number of hydrogen-bond donors (Lipinski definition) is 3. The number of amides is 1. The van der Waals surface area contributed by atoms with E-state index < -0.39 is 29.2 Å². The number of hydrogen-bond acceptors (Lipinski definition) is 3. The van der Waals surface area contributed by atoms with Crippen LogP contribution in [-0.2, 0) is 6.18 Å². The average molecular weight is 299 g/mol. The number of carbonyl (C=O) groups excluding carboxylic acids is 1. The highest BCUT2D eigenvalue weighted by Gasteiger charge is 2.32. The third-order valence-corrected chi connectivity index (χ3v) is 2.57. The lowest BCUT2D eigenvalue weighted by atomic mass is 10.1. The second-order valence-electron chi connectivity index (χ2n) is 3.98. The number of H-pyrrole nitrogens is 1. The number of carbonyl (C=O) groups is 2. The summed E-state index contributed by atoms with van der Waals surface area (Å²) in [5, 5.41) is 11.2. The van der Waals surface area contributed by atoms with Gasteiger partial charge in [-0.25, -0.2) is 9.78 Å². The van der Waals surface area contributed by atoms with Gasteiger partial charge in [0.05, 0.1) is 29.3 Å². The van der Waals surface area contributed by atoms with Crippen LogP contribution in [0.15, 0.2) is 30.7 Å². The topological polar surface area (TPSA) is 95.1 Å². The molecule has 1 aromatic heterocycles. The molecular formula is C12H8F3N3O3. The third-order valence-electron chi connectivity index (χ3n) is 2.57. The molecule has 9 heteroatoms. The van der Waals surface area contributed by atoms with Crippen molar-refractivity contribution in [3.8, 4) is 0 Å². The Bertz CT molecular complexity index is 681. The van der Waals surface area contributed by atoms with Gasteiger partial charge < -0.3 is 15.4 Å². The fraction of sp³-hybridized carbons (Fsp3) is 0.0833. The Labute approximate surface area is 115 Å². The van der Waals surface area contributed by atoms with E-state index >= 15 is 0 Å². The maximum absolute atomic E-state index is 12.6. The zero-order chi connectivity index (χ0) is 15.6. The van der Waals surface area contributed by atoms with Crippen molar-refractivity contribution in [1.82, 2.24) is 9.97 Å². The van der Waals surface area contributed by atoms with Gasteiger partial charge in [0.1, 0.15) is 5.69 Å². The number of carboxylic acids is 1. The van der Waals surface area contributed by atoms with Crippen LogP contribution in [-0.4, -0.2) is 27.0 Å². The molecule has 0 saturated carbocycles. The van der Waals surface area contributed by atoms with Gasteiger partial charge >= 0.3 is 12.1 Å². The highest BCUT2D eigenvalue weighted by Crippen LogP contribution is 2.32. The van der Waals surface area contributed by atoms with Crippen molar-refractivity contribution in [1.29, 1.82) is 0 Å². The predicted molar refractivity (Wildman–Crippen MR) is 64.9 cm³/mol. The summed E-state index contributed by atoms with van der Waals surface area (Å²) >= 11 is 0. The molecule has 1 aromatic carbocycles. The Morgan fingerprint density at radius 1 is 1.29 bits per heavy atom. The van der Waals surface area contributed by atoms with E-state index in [1.807, 2.05) is 0 Å². The molecule has 0 fully saturated rings. The number of aromatic amines is 1. The number of imidazole rings is 1. The molecule has 0 unspecified atom stereocenters. The molecule has 2 rings (SSSR count). The number of halogens is 3. The molecule has 0 aliphatic rings. The Hall–Kier alpha value is -2.84. The zero-order valence-electron chi connectivity index (χ0n) is 10.2. The van der Waals surface area contributed by atoms with Gasteiger partial charge in [-0.3, -0.25) is 4.79 Å². The summed E-state index contributed by atoms with van der Waals surface area (Å²) in [5.41, 5.74) is -1.96. The quantitative estimate of drug-likeness (QED) is 0.811. The van der Waals surface area contributed by atoms with Crippen LogP contribution in [0.4, 0.5) is 18.9 Å². The fourth-order valence-corrected chi connectivity index (χ4v) is 1.58. The molecule has 110 valence electrons. The van der Waals surface area contributed by atoms with Crippen molar-refractivity contribution in [3.63, 3.8) is 0 Å². The average Bonchev–Trinajstić information content (AvgIpc) is 2.91. The minimum Gasteiger partial charge on any atom is -0.478 e. The van der Waals surface area contributed by atoms with Crippen LogP contribution in [0.2, 0.25) is 0 Å². The minimum absolute atomic E-state index is 0.0474. The number of rotatable bonds is 3. The molecule has 6 nitrogen and oxygen atoms in total. The van der Waals surface area contributed by atoms with Gasteiger partial charge in [-0.2, -0.15) is 13.2 Å². The zero-order valence-corrected chi connectivity index (χ0v) is 10.2. The molecule has 0 bridgehead atoms. The molecule has 0 saturated heterocycles. The van der Waals surface area contributed by atoms with Crippen molar-refractivity contribution in [3.05, 3.63) is 47.5 Å². The van der Waals surface area contributed by atoms with Crippen LogP contribution in [0.1, 0.15) is 26.4 Å². The number of anilines is 1. The van der Waals surface area contributed by atoms with E-state index in [1.54, 1.807) is 0 Å². The van der Waals surface area contributed by atoms with E-state index in [1.165, 1.54) is 12.5 Å². The van der Waals surface area contributed by atoms with Crippen molar-refractivity contribution in [2.24, 2.45) is 0 Å². The summed E-state index contributed by atoms with van der Waals surface area (Å²) in [6.45, 7) is 0. The molecule has 0 radical (unpaired) electrons. The van der Waals surface area contributed by atoms with E-state index in [0.717, 1.165) is 6.07 Å². The highest BCUT2D eigenvalue weighted by molar-refractivity contribution is 6.06. The largest absolute Gasteiger partial charge is 0.478 e. The molecule has 1 amide bonds. The van der Waals surface area contributed by atoms with Crippen molar-refractivity contribution >= 4 is 17.6 Å². The van der Waals surface area contributed by atoms with E-state index in [9.17, 15) is 22.8 Å². The summed E-state index contributed by atoms with van der Waals surface area (Å²) < 4.78 is 37.7. The first-order valence-corrected chi connectivity index (χ1v) is 5.53. The van der Waals surface area contributed by atoms with Crippen LogP contribution in [0.5, 0.6) is 0 Å². The number of nitrogens with one attached hydrogen (secondary N) is 2. The highest BCUT2D eigenvalue weighted by atomic mass is 19.4. The van der Waals surface area contributed by atoms with Gasteiger partial charge in [0.25, 0.3) is 5.91 Å². The number of aromatic nitrogens is 2. The lowest BCUT2D eigenvalue weighted by Gasteiger charge is -2.11. The normalized spacial score (nSPS) is 11.2. The van der Waals surface area contributed by atoms with Crippen LogP contribution >= 0.6 is 0 Å². The number of benzene rings is 1. The van der Waals surface area contributed by atoms with Crippen molar-refractivity contribution in [2.45, 2.75) is 6.18 Å². The first-order valence-electron chi connectivity index (χ1n) is 5.53. The molecule has 0 aliphatic carbocycles. The molecule has 1 heterocycles. The van der Waals surface area contributed by atoms with Crippen LogP contribution < -0.4 is 5.32 Å². The molecular weight excluding hydrogens is 291 g/mol. The Kier molecular flexibility index (Phi) is 3.66. The molecule has 2 aromatic rings. The van der Waals surface area contributed by atoms with Crippen LogP contribution in [0.25, 0.3) is 0 Å². The summed E-state index contributed by atoms with van der Waals surface area (Å²) in [5.74, 6) is -2.30. The van der Waals surface area contributed by atoms with Gasteiger partial charge in [0.2, 0.25) is 0 Å². The van der Waals surface area contributed by atoms with E-state index in [-0.39, 0.29) is 11.4 Å². The maximum atomic E-state index is 12.6. The predicted octanol–water partition coefficient (Wildman–Crippen LogP) is 2.38. The monoisotopic (exact) mass is 299 g/mol. The summed E-state index contributed by atoms with van der Waals surface area (Å²) in [4.78, 5) is 28.9. The fourth-order valence-electron chi connectivity index (χ4n) is 1.58. The second-order valence-corrected chi connectivity index (χ2v) is 3.98. The Balaban J connectivity index is 2.35. The van der Waals surface area contributed by atoms with E-state index in [4.69, 9.17) is 5.11 Å². The van der Waals surface area contributed by atoms with Crippen molar-refractivity contribution in [2.75, 3.05) is 5.32 Å². The second kappa shape index (κ2) is 5.27. The van der Waals surface area contributed by atoms with Gasteiger partial charge in [0, 0.05) is 0 Å². The lowest BCUT2D eigenvalue weighted by molar-refractivity contribution is -0.137. The summed E-state index contributed by atoms with van der Waals surface area (Å²) in [7, 11) is 0. The smallest absolute Gasteiger partial charge is 0.416 e. The van der Waals surface area contributed by atoms with E-state index in [0.29, 0.717) is 12.1 Å². The number of aromatic carboxylic acids is 1. The van der Waals surface area contributed by atoms with Crippen molar-refractivity contribution < 1.29 is 27.9 Å². The SMILES string of the molecule is O=C(Nc1ccc(C(F)(F)F)cc1C(=O)O)c1cnc[nH]1. The van der Waals surface area contributed by atoms with Gasteiger partial charge in [-0.05, 0) is 18.2 Å². The number of alkyl halides is 3. The van der Waals surface area contributed by atoms with E-state index in [2.05, 4.69) is 15.3 Å². The lowest BCUT2D eigenvalue weighted by Crippen LogP contribution is -2.16. The summed E-state index contributed by atoms with van der Waals surface area (Å²) in [6, 6.07) is 2.04. The van der Waals surface area contributed by atoms with Gasteiger partial charge in [-0.15, -0.1) is 0 Å². The summed E-state index contributed by atoms with van der Waals surface area (Å²) in [6.07, 6.45) is -2.24. The molecule has 0 aliphatic heterocycles. The number of carboxylic acid groups (broad SMARTS) is 1. The third kappa shape index (κ3) is 3.19. The first kappa shape index (κ1) is 14.6. The van der Waals surface area contributed by atoms with Crippen LogP contribution in [0, 0.1) is 0 Å². The first-order chi connectivity index (χ1) is 9.79. The molecule has 21 heavy (non-hydrogen) atoms. The van der Waals surface area contributed by atoms with Gasteiger partial charge in [-0.1, -0.05) is 0 Å². The number of nitrogens with zero attached hydrogens (tertiary/aromatic N) is 1. The van der Waals surface area contributed by atoms with Gasteiger partial charge in [0.15, 0.2) is 0 Å². The Morgan fingerprint density at radius 3 is 2.52 bits per heavy atom. The molecule has 3 N–H and O–H groups in total. The standard InChI is InChI=1S/C12H8F3N3O3/c13-12(14,15)6-1-2-8(7(3-6)11(20)21)18-10(19)9-4-16-5-17-9/h1-5H,(H,16,17)(H,18,19)(H,20,21). The molecule has 0 spiro atoms. The van der Waals surface area contributed by atoms with Crippen LogP contribution in [0.3, 0.4) is 0 Å². The minimum atomic E-state index is -4.67. The Morgan fingerprint density at radius 2 is 2.00 bits per heavy atom. The molecule has 0 atom stereocenters.